The Morgan fingerprint density at radius 1 is 1.23 bits per heavy atom. The zero-order valence-electron chi connectivity index (χ0n) is 16.9. The number of benzene rings is 1. The molecule has 0 spiro atoms. The van der Waals surface area contributed by atoms with Gasteiger partial charge in [0.2, 0.25) is 5.60 Å². The summed E-state index contributed by atoms with van der Waals surface area (Å²) >= 11 is 0. The number of alkyl halides is 3. The molecule has 0 aromatic heterocycles. The Labute approximate surface area is 172 Å². The average Bonchev–Trinajstić information content (AvgIpc) is 3.17. The molecular formula is C21H24F4N2O3. The number of hydrogen-bond donors (Lipinski definition) is 0. The number of carbonyl (C=O) groups is 2. The van der Waals surface area contributed by atoms with E-state index in [4.69, 9.17) is 0 Å². The highest BCUT2D eigenvalue weighted by molar-refractivity contribution is 5.98. The second-order valence-electron chi connectivity index (χ2n) is 7.73. The van der Waals surface area contributed by atoms with E-state index in [1.165, 1.54) is 24.1 Å². The minimum absolute atomic E-state index is 0.229. The summed E-state index contributed by atoms with van der Waals surface area (Å²) in [5.74, 6) is -3.60. The van der Waals surface area contributed by atoms with Gasteiger partial charge < -0.3 is 9.64 Å². The van der Waals surface area contributed by atoms with Crippen molar-refractivity contribution in [1.82, 2.24) is 9.80 Å². The van der Waals surface area contributed by atoms with E-state index >= 15 is 0 Å². The third kappa shape index (κ3) is 4.50. The molecule has 1 unspecified atom stereocenters. The number of likely N-dealkylation sites (N-methyl/N-ethyl adjacent to an activating group) is 1. The van der Waals surface area contributed by atoms with Crippen molar-refractivity contribution < 1.29 is 31.9 Å². The number of amides is 1. The average molecular weight is 428 g/mol. The first-order chi connectivity index (χ1) is 14.1. The van der Waals surface area contributed by atoms with Gasteiger partial charge in [-0.3, -0.25) is 9.69 Å². The fourth-order valence-corrected chi connectivity index (χ4v) is 3.71. The van der Waals surface area contributed by atoms with Gasteiger partial charge in [-0.1, -0.05) is 12.1 Å². The quantitative estimate of drug-likeness (QED) is 0.514. The van der Waals surface area contributed by atoms with Gasteiger partial charge in [0.05, 0.1) is 0 Å². The van der Waals surface area contributed by atoms with Crippen molar-refractivity contribution in [2.45, 2.75) is 44.5 Å². The van der Waals surface area contributed by atoms with Crippen LogP contribution in [0.25, 0.3) is 5.57 Å². The van der Waals surface area contributed by atoms with E-state index in [2.05, 4.69) is 9.64 Å². The number of rotatable bonds is 6. The van der Waals surface area contributed by atoms with Crippen molar-refractivity contribution in [3.63, 3.8) is 0 Å². The van der Waals surface area contributed by atoms with Gasteiger partial charge in [0.25, 0.3) is 5.91 Å². The molecule has 1 atom stereocenters. The molecule has 1 amide bonds. The van der Waals surface area contributed by atoms with Crippen LogP contribution in [0.3, 0.4) is 0 Å². The van der Waals surface area contributed by atoms with Crippen LogP contribution in [0, 0.1) is 5.82 Å². The second-order valence-corrected chi connectivity index (χ2v) is 7.73. The van der Waals surface area contributed by atoms with Gasteiger partial charge in [0.1, 0.15) is 5.82 Å². The lowest BCUT2D eigenvalue weighted by Crippen LogP contribution is -2.54. The highest BCUT2D eigenvalue weighted by Gasteiger charge is 2.54. The van der Waals surface area contributed by atoms with Gasteiger partial charge in [-0.25, -0.2) is 9.18 Å². The molecule has 5 nitrogen and oxygen atoms in total. The van der Waals surface area contributed by atoms with E-state index in [0.29, 0.717) is 23.2 Å². The molecule has 30 heavy (non-hydrogen) atoms. The summed E-state index contributed by atoms with van der Waals surface area (Å²) in [7, 11) is 1.41. The third-order valence-corrected chi connectivity index (χ3v) is 5.57. The fraction of sp³-hybridized carbons (Fsp3) is 0.524. The van der Waals surface area contributed by atoms with E-state index in [9.17, 15) is 27.2 Å². The first-order valence-electron chi connectivity index (χ1n) is 9.84. The predicted octanol–water partition coefficient (Wildman–Crippen LogP) is 3.53. The van der Waals surface area contributed by atoms with Gasteiger partial charge >= 0.3 is 12.1 Å². The Bertz CT molecular complexity index is 862. The van der Waals surface area contributed by atoms with Crippen LogP contribution < -0.4 is 0 Å². The molecule has 1 aliphatic heterocycles. The standard InChI is InChI=1S/C21H24F4N2O3/c1-3-26(2)18(28)20(30-19(29)21(23,24)25)11-16(12-20)14-6-7-15(17(22)10-14)13-27-8-4-5-9-27/h6-7,10-11H,3-5,8-9,12-13H2,1-2H3. The smallest absolute Gasteiger partial charge is 0.438 e. The number of halogens is 4. The molecule has 0 bridgehead atoms. The van der Waals surface area contributed by atoms with Gasteiger partial charge in [0.15, 0.2) is 0 Å². The third-order valence-electron chi connectivity index (χ3n) is 5.57. The predicted molar refractivity (Wildman–Crippen MR) is 102 cm³/mol. The molecule has 0 saturated carbocycles. The van der Waals surface area contributed by atoms with E-state index in [1.807, 2.05) is 0 Å². The van der Waals surface area contributed by atoms with Crippen LogP contribution in [0.15, 0.2) is 24.3 Å². The van der Waals surface area contributed by atoms with Crippen LogP contribution in [0.2, 0.25) is 0 Å². The monoisotopic (exact) mass is 428 g/mol. The number of carbonyl (C=O) groups excluding carboxylic acids is 2. The highest BCUT2D eigenvalue weighted by Crippen LogP contribution is 2.43. The molecular weight excluding hydrogens is 404 g/mol. The Hall–Kier alpha value is -2.42. The van der Waals surface area contributed by atoms with Crippen molar-refractivity contribution in [3.05, 3.63) is 41.2 Å². The molecule has 1 aliphatic carbocycles. The molecule has 1 aromatic rings. The molecule has 1 saturated heterocycles. The van der Waals surface area contributed by atoms with Crippen molar-refractivity contribution in [3.8, 4) is 0 Å². The molecule has 2 aliphatic rings. The van der Waals surface area contributed by atoms with E-state index in [1.54, 1.807) is 19.1 Å². The van der Waals surface area contributed by atoms with Gasteiger partial charge in [0, 0.05) is 32.1 Å². The molecule has 0 N–H and O–H groups in total. The largest absolute Gasteiger partial charge is 0.490 e. The van der Waals surface area contributed by atoms with Crippen LogP contribution in [-0.4, -0.2) is 60.1 Å². The first kappa shape index (κ1) is 22.3. The van der Waals surface area contributed by atoms with Crippen molar-refractivity contribution in [2.75, 3.05) is 26.7 Å². The number of nitrogens with zero attached hydrogens (tertiary/aromatic N) is 2. The zero-order valence-corrected chi connectivity index (χ0v) is 16.9. The molecule has 9 heteroatoms. The number of ether oxygens (including phenoxy) is 1. The van der Waals surface area contributed by atoms with Gasteiger partial charge in [-0.15, -0.1) is 0 Å². The van der Waals surface area contributed by atoms with Crippen LogP contribution in [0.5, 0.6) is 0 Å². The first-order valence-corrected chi connectivity index (χ1v) is 9.84. The van der Waals surface area contributed by atoms with E-state index < -0.39 is 29.5 Å². The minimum atomic E-state index is -5.22. The number of esters is 1. The summed E-state index contributed by atoms with van der Waals surface area (Å²) in [6, 6.07) is 4.62. The highest BCUT2D eigenvalue weighted by atomic mass is 19.4. The maximum atomic E-state index is 14.6. The summed E-state index contributed by atoms with van der Waals surface area (Å²) in [5.41, 5.74) is -0.591. The minimum Gasteiger partial charge on any atom is -0.438 e. The lowest BCUT2D eigenvalue weighted by atomic mass is 9.77. The fourth-order valence-electron chi connectivity index (χ4n) is 3.71. The summed E-state index contributed by atoms with van der Waals surface area (Å²) in [5, 5.41) is 0. The summed E-state index contributed by atoms with van der Waals surface area (Å²) < 4.78 is 57.2. The van der Waals surface area contributed by atoms with Gasteiger partial charge in [-0.05, 0) is 56.1 Å². The topological polar surface area (TPSA) is 49.9 Å². The SMILES string of the molecule is CCN(C)C(=O)C1(OC(=O)C(F)(F)F)C=C(c2ccc(CN3CCCC3)c(F)c2)C1. The molecule has 0 radical (unpaired) electrons. The van der Waals surface area contributed by atoms with E-state index in [0.717, 1.165) is 25.9 Å². The van der Waals surface area contributed by atoms with Crippen molar-refractivity contribution in [1.29, 1.82) is 0 Å². The molecule has 1 aromatic carbocycles. The Balaban J connectivity index is 1.82. The van der Waals surface area contributed by atoms with E-state index in [-0.39, 0.29) is 13.0 Å². The lowest BCUT2D eigenvalue weighted by molar-refractivity contribution is -0.212. The Morgan fingerprint density at radius 3 is 2.40 bits per heavy atom. The maximum Gasteiger partial charge on any atom is 0.490 e. The molecule has 1 heterocycles. The lowest BCUT2D eigenvalue weighted by Gasteiger charge is -2.40. The van der Waals surface area contributed by atoms with Crippen LogP contribution >= 0.6 is 0 Å². The Kier molecular flexibility index (Phi) is 6.21. The zero-order chi connectivity index (χ0) is 22.1. The summed E-state index contributed by atoms with van der Waals surface area (Å²) in [4.78, 5) is 27.3. The van der Waals surface area contributed by atoms with Crippen LogP contribution in [-0.2, 0) is 20.9 Å². The molecule has 3 rings (SSSR count). The maximum absolute atomic E-state index is 14.6. The summed E-state index contributed by atoms with van der Waals surface area (Å²) in [6.07, 6.45) is -2.11. The normalized spacial score (nSPS) is 21.7. The molecule has 164 valence electrons. The van der Waals surface area contributed by atoms with Crippen molar-refractivity contribution in [2.24, 2.45) is 0 Å². The van der Waals surface area contributed by atoms with Crippen LogP contribution in [0.4, 0.5) is 17.6 Å². The van der Waals surface area contributed by atoms with Gasteiger partial charge in [-0.2, -0.15) is 13.2 Å². The number of likely N-dealkylation sites (tertiary alicyclic amines) is 1. The molecule has 1 fully saturated rings. The second kappa shape index (κ2) is 8.37. The van der Waals surface area contributed by atoms with Crippen LogP contribution in [0.1, 0.15) is 37.3 Å². The summed E-state index contributed by atoms with van der Waals surface area (Å²) in [6.45, 7) is 4.22. The van der Waals surface area contributed by atoms with Crippen molar-refractivity contribution >= 4 is 17.4 Å². The Morgan fingerprint density at radius 2 is 1.87 bits per heavy atom. The number of hydrogen-bond acceptors (Lipinski definition) is 4.